The number of aliphatic hydroxyl groups is 1. The quantitative estimate of drug-likeness (QED) is 0.356. The zero-order chi connectivity index (χ0) is 30.6. The highest BCUT2D eigenvalue weighted by molar-refractivity contribution is 7.92. The number of nitrogens with zero attached hydrogens (tertiary/aromatic N) is 3. The van der Waals surface area contributed by atoms with E-state index in [1.165, 1.54) is 18.7 Å². The largest absolute Gasteiger partial charge is 0.488 e. The van der Waals surface area contributed by atoms with E-state index in [4.69, 9.17) is 9.26 Å². The van der Waals surface area contributed by atoms with Crippen LogP contribution in [0.5, 0.6) is 5.75 Å². The number of aliphatic hydroxyl groups excluding tert-OH is 1. The number of anilines is 2. The van der Waals surface area contributed by atoms with Crippen LogP contribution in [0.3, 0.4) is 0 Å². The molecule has 3 amide bonds. The average Bonchev–Trinajstić information content (AvgIpc) is 3.31. The van der Waals surface area contributed by atoms with Gasteiger partial charge in [0.25, 0.3) is 10.0 Å². The third-order valence-corrected chi connectivity index (χ3v) is 8.86. The van der Waals surface area contributed by atoms with E-state index in [1.807, 2.05) is 25.1 Å². The smallest absolute Gasteiger partial charge is 0.321 e. The van der Waals surface area contributed by atoms with Crippen LogP contribution >= 0.6 is 0 Å². The SMILES string of the molecule is Cc1noc(C)c1S(=O)(=O)Nc1ccc2c(c1)CC(=O)N([C@H](C)CO)C[C@H](C)[C@@H](CN(C)C(=O)Nc1ccccc1)O2. The van der Waals surface area contributed by atoms with Crippen LogP contribution in [-0.2, 0) is 21.2 Å². The highest BCUT2D eigenvalue weighted by Crippen LogP contribution is 2.31. The van der Waals surface area contributed by atoms with E-state index in [1.54, 1.807) is 49.2 Å². The molecule has 3 atom stereocenters. The highest BCUT2D eigenvalue weighted by atomic mass is 32.2. The minimum absolute atomic E-state index is 0.0491. The number of aryl methyl sites for hydroxylation is 2. The molecular weight excluding hydrogens is 562 g/mol. The zero-order valence-electron chi connectivity index (χ0n) is 24.3. The van der Waals surface area contributed by atoms with Crippen LogP contribution < -0.4 is 14.8 Å². The highest BCUT2D eigenvalue weighted by Gasteiger charge is 2.32. The number of fused-ring (bicyclic) bond motifs is 1. The Kier molecular flexibility index (Phi) is 9.42. The second-order valence-corrected chi connectivity index (χ2v) is 12.3. The van der Waals surface area contributed by atoms with E-state index in [2.05, 4.69) is 15.2 Å². The fourth-order valence-corrected chi connectivity index (χ4v) is 6.25. The number of para-hydroxylation sites is 1. The maximum Gasteiger partial charge on any atom is 0.321 e. The predicted octanol–water partition coefficient (Wildman–Crippen LogP) is 3.41. The van der Waals surface area contributed by atoms with Gasteiger partial charge < -0.3 is 29.5 Å². The van der Waals surface area contributed by atoms with Crippen LogP contribution in [0.1, 0.15) is 30.9 Å². The number of carbonyl (C=O) groups excluding carboxylic acids is 2. The number of hydrogen-bond donors (Lipinski definition) is 3. The fraction of sp³-hybridized carbons (Fsp3) is 0.414. The molecule has 0 fully saturated rings. The lowest BCUT2D eigenvalue weighted by atomic mass is 10.0. The molecule has 0 aliphatic carbocycles. The topological polar surface area (TPSA) is 154 Å². The summed E-state index contributed by atoms with van der Waals surface area (Å²) in [6.07, 6.45) is -0.607. The first-order valence-electron chi connectivity index (χ1n) is 13.6. The van der Waals surface area contributed by atoms with E-state index in [-0.39, 0.29) is 59.5 Å². The van der Waals surface area contributed by atoms with Gasteiger partial charge >= 0.3 is 6.03 Å². The molecule has 12 nitrogen and oxygen atoms in total. The molecule has 1 aliphatic rings. The first-order chi connectivity index (χ1) is 19.9. The Hall–Kier alpha value is -4.10. The Balaban J connectivity index is 1.63. The summed E-state index contributed by atoms with van der Waals surface area (Å²) < 4.78 is 40.2. The van der Waals surface area contributed by atoms with E-state index < -0.39 is 22.2 Å². The molecule has 4 rings (SSSR count). The van der Waals surface area contributed by atoms with E-state index in [9.17, 15) is 23.1 Å². The lowest BCUT2D eigenvalue weighted by Gasteiger charge is -2.34. The summed E-state index contributed by atoms with van der Waals surface area (Å²) in [4.78, 5) is 29.5. The van der Waals surface area contributed by atoms with Crippen LogP contribution in [0.4, 0.5) is 16.2 Å². The van der Waals surface area contributed by atoms with Gasteiger partial charge in [0.1, 0.15) is 17.5 Å². The summed E-state index contributed by atoms with van der Waals surface area (Å²) >= 11 is 0. The molecule has 1 aromatic heterocycles. The molecule has 0 spiro atoms. The van der Waals surface area contributed by atoms with Gasteiger partial charge in [-0.15, -0.1) is 0 Å². The molecular formula is C29H37N5O7S. The fourth-order valence-electron chi connectivity index (χ4n) is 4.87. The first-order valence-corrected chi connectivity index (χ1v) is 15.1. The molecule has 3 aromatic rings. The molecule has 42 heavy (non-hydrogen) atoms. The number of hydrogen-bond acceptors (Lipinski definition) is 8. The van der Waals surface area contributed by atoms with Crippen molar-refractivity contribution >= 4 is 33.3 Å². The summed E-state index contributed by atoms with van der Waals surface area (Å²) in [5, 5.41) is 16.5. The van der Waals surface area contributed by atoms with Crippen LogP contribution in [0.15, 0.2) is 57.9 Å². The van der Waals surface area contributed by atoms with Gasteiger partial charge in [-0.2, -0.15) is 0 Å². The standard InChI is InChI=1S/C29H37N5O7S/c1-18-15-34(19(2)17-35)27(36)14-22-13-24(32-42(38,39)28-20(3)31-41-21(28)4)11-12-25(22)40-26(18)16-33(5)29(37)30-23-9-7-6-8-10-23/h6-13,18-19,26,32,35H,14-17H2,1-5H3,(H,30,37)/t18-,19+,26+/m0/s1. The van der Waals surface area contributed by atoms with Crippen LogP contribution in [0.25, 0.3) is 0 Å². The van der Waals surface area contributed by atoms with Crippen molar-refractivity contribution in [3.8, 4) is 5.75 Å². The van der Waals surface area contributed by atoms with E-state index in [0.717, 1.165) is 0 Å². The van der Waals surface area contributed by atoms with Crippen molar-refractivity contribution in [1.82, 2.24) is 15.0 Å². The molecule has 2 heterocycles. The molecule has 13 heteroatoms. The Morgan fingerprint density at radius 2 is 1.90 bits per heavy atom. The van der Waals surface area contributed by atoms with Crippen LogP contribution in [0.2, 0.25) is 0 Å². The maximum absolute atomic E-state index is 13.5. The molecule has 1 aliphatic heterocycles. The van der Waals surface area contributed by atoms with Gasteiger partial charge in [-0.1, -0.05) is 30.3 Å². The minimum Gasteiger partial charge on any atom is -0.488 e. The Morgan fingerprint density at radius 1 is 1.19 bits per heavy atom. The second kappa shape index (κ2) is 12.8. The van der Waals surface area contributed by atoms with Gasteiger partial charge in [0.15, 0.2) is 10.7 Å². The van der Waals surface area contributed by atoms with Gasteiger partial charge in [0, 0.05) is 36.4 Å². The number of nitrogens with one attached hydrogen (secondary N) is 2. The third kappa shape index (κ3) is 7.02. The molecule has 0 bridgehead atoms. The van der Waals surface area contributed by atoms with Crippen LogP contribution in [0, 0.1) is 19.8 Å². The van der Waals surface area contributed by atoms with Gasteiger partial charge in [-0.05, 0) is 51.1 Å². The number of carbonyl (C=O) groups is 2. The maximum atomic E-state index is 13.5. The molecule has 0 unspecified atom stereocenters. The van der Waals surface area contributed by atoms with Crippen molar-refractivity contribution in [2.45, 2.75) is 51.2 Å². The number of sulfonamides is 1. The molecule has 3 N–H and O–H groups in total. The monoisotopic (exact) mass is 599 g/mol. The normalized spacial score (nSPS) is 18.1. The Morgan fingerprint density at radius 3 is 2.55 bits per heavy atom. The van der Waals surface area contributed by atoms with Crippen molar-refractivity contribution in [2.75, 3.05) is 36.8 Å². The van der Waals surface area contributed by atoms with Crippen molar-refractivity contribution in [1.29, 1.82) is 0 Å². The summed E-state index contributed by atoms with van der Waals surface area (Å²) in [5.41, 5.74) is 1.58. The predicted molar refractivity (Wildman–Crippen MR) is 157 cm³/mol. The molecule has 0 radical (unpaired) electrons. The number of ether oxygens (including phenoxy) is 1. The second-order valence-electron chi connectivity index (χ2n) is 10.6. The molecule has 2 aromatic carbocycles. The number of likely N-dealkylation sites (N-methyl/N-ethyl adjacent to an activating group) is 1. The minimum atomic E-state index is -4.02. The summed E-state index contributed by atoms with van der Waals surface area (Å²) in [7, 11) is -2.36. The van der Waals surface area contributed by atoms with Crippen molar-refractivity contribution < 1.29 is 32.4 Å². The molecule has 226 valence electrons. The number of benzene rings is 2. The summed E-state index contributed by atoms with van der Waals surface area (Å²) in [6, 6.07) is 13.0. The number of urea groups is 1. The van der Waals surface area contributed by atoms with Gasteiger partial charge in [0.2, 0.25) is 5.91 Å². The average molecular weight is 600 g/mol. The van der Waals surface area contributed by atoms with Gasteiger partial charge in [0.05, 0.1) is 25.6 Å². The van der Waals surface area contributed by atoms with E-state index in [0.29, 0.717) is 23.5 Å². The van der Waals surface area contributed by atoms with Gasteiger partial charge in [-0.25, -0.2) is 13.2 Å². The van der Waals surface area contributed by atoms with Crippen molar-refractivity contribution in [2.24, 2.45) is 5.92 Å². The lowest BCUT2D eigenvalue weighted by molar-refractivity contribution is -0.134. The third-order valence-electron chi connectivity index (χ3n) is 7.23. The number of rotatable bonds is 8. The summed E-state index contributed by atoms with van der Waals surface area (Å²) in [6.45, 7) is 7.00. The molecule has 0 saturated carbocycles. The first kappa shape index (κ1) is 30.8. The number of amides is 3. The van der Waals surface area contributed by atoms with Gasteiger partial charge in [-0.3, -0.25) is 9.52 Å². The Labute approximate surface area is 245 Å². The lowest BCUT2D eigenvalue weighted by Crippen LogP contribution is -2.48. The Bertz CT molecular complexity index is 1510. The molecule has 0 saturated heterocycles. The van der Waals surface area contributed by atoms with Crippen molar-refractivity contribution in [3.05, 3.63) is 65.5 Å². The van der Waals surface area contributed by atoms with Crippen LogP contribution in [-0.4, -0.2) is 79.3 Å². The zero-order valence-corrected chi connectivity index (χ0v) is 25.1. The van der Waals surface area contributed by atoms with E-state index >= 15 is 0 Å². The summed E-state index contributed by atoms with van der Waals surface area (Å²) in [5.74, 6) is 0.0939. The van der Waals surface area contributed by atoms with Crippen molar-refractivity contribution in [3.63, 3.8) is 0 Å². The number of aromatic nitrogens is 1.